The van der Waals surface area contributed by atoms with Crippen molar-refractivity contribution in [2.45, 2.75) is 19.4 Å². The van der Waals surface area contributed by atoms with Crippen LogP contribution in [0.2, 0.25) is 0 Å². The van der Waals surface area contributed by atoms with Crippen LogP contribution < -0.4 is 5.73 Å². The molecule has 2 aromatic carbocycles. The zero-order valence-corrected chi connectivity index (χ0v) is 12.0. The number of nitrogen functional groups attached to an aromatic ring is 1. The Labute approximate surface area is 122 Å². The predicted octanol–water partition coefficient (Wildman–Crippen LogP) is 3.05. The maximum atomic E-state index is 6.10. The van der Waals surface area contributed by atoms with Gasteiger partial charge in [0, 0.05) is 19.2 Å². The average molecular weight is 283 g/mol. The van der Waals surface area contributed by atoms with Crippen LogP contribution in [-0.2, 0) is 11.2 Å². The van der Waals surface area contributed by atoms with Gasteiger partial charge in [-0.1, -0.05) is 29.4 Å². The van der Waals surface area contributed by atoms with E-state index < -0.39 is 0 Å². The third-order valence-corrected chi connectivity index (χ3v) is 3.49. The van der Waals surface area contributed by atoms with Crippen LogP contribution in [0.25, 0.3) is 22.2 Å². The minimum absolute atomic E-state index is 0.0457. The van der Waals surface area contributed by atoms with E-state index in [1.165, 1.54) is 0 Å². The second-order valence-corrected chi connectivity index (χ2v) is 5.05. The number of nitrogens with zero attached hydrogens (tertiary/aromatic N) is 2. The highest BCUT2D eigenvalue weighted by atomic mass is 16.5. The smallest absolute Gasteiger partial charge is 0.260 e. The van der Waals surface area contributed by atoms with Crippen LogP contribution in [0.5, 0.6) is 0 Å². The Morgan fingerprint density at radius 1 is 1.24 bits per heavy atom. The molecule has 0 spiro atoms. The van der Waals surface area contributed by atoms with E-state index in [0.29, 0.717) is 23.8 Å². The molecule has 0 radical (unpaired) electrons. The van der Waals surface area contributed by atoms with Gasteiger partial charge in [-0.15, -0.1) is 0 Å². The summed E-state index contributed by atoms with van der Waals surface area (Å²) in [6.07, 6.45) is 0.650. The standard InChI is InChI=1S/C16H17N3O2/c1-10(20-2)7-15-18-16(21-19-15)13-8-11-5-3-4-6-12(11)9-14(13)17/h3-6,8-10H,7,17H2,1-2H3. The first-order valence-corrected chi connectivity index (χ1v) is 6.81. The summed E-state index contributed by atoms with van der Waals surface area (Å²) >= 11 is 0. The van der Waals surface area contributed by atoms with Gasteiger partial charge < -0.3 is 15.0 Å². The molecule has 3 aromatic rings. The number of fused-ring (bicyclic) bond motifs is 1. The molecule has 1 heterocycles. The molecular weight excluding hydrogens is 266 g/mol. The molecule has 0 amide bonds. The molecule has 21 heavy (non-hydrogen) atoms. The Morgan fingerprint density at radius 3 is 2.67 bits per heavy atom. The molecule has 1 atom stereocenters. The highest BCUT2D eigenvalue weighted by Crippen LogP contribution is 2.29. The molecule has 1 aromatic heterocycles. The third-order valence-electron chi connectivity index (χ3n) is 3.49. The lowest BCUT2D eigenvalue weighted by molar-refractivity contribution is 0.116. The molecule has 0 aliphatic rings. The normalized spacial score (nSPS) is 12.7. The molecule has 0 fully saturated rings. The summed E-state index contributed by atoms with van der Waals surface area (Å²) in [6, 6.07) is 11.9. The van der Waals surface area contributed by atoms with Gasteiger partial charge in [0.25, 0.3) is 5.89 Å². The van der Waals surface area contributed by atoms with Crippen molar-refractivity contribution in [3.05, 3.63) is 42.2 Å². The Morgan fingerprint density at radius 2 is 1.95 bits per heavy atom. The molecule has 0 aliphatic heterocycles. The van der Waals surface area contributed by atoms with Gasteiger partial charge in [0.15, 0.2) is 5.82 Å². The summed E-state index contributed by atoms with van der Waals surface area (Å²) in [5, 5.41) is 6.16. The van der Waals surface area contributed by atoms with Crippen LogP contribution >= 0.6 is 0 Å². The lowest BCUT2D eigenvalue weighted by atomic mass is 10.1. The van der Waals surface area contributed by atoms with Crippen molar-refractivity contribution >= 4 is 16.5 Å². The second-order valence-electron chi connectivity index (χ2n) is 5.05. The van der Waals surface area contributed by atoms with E-state index >= 15 is 0 Å². The fourth-order valence-corrected chi connectivity index (χ4v) is 2.23. The van der Waals surface area contributed by atoms with Gasteiger partial charge in [0.1, 0.15) is 0 Å². The molecule has 0 bridgehead atoms. The highest BCUT2D eigenvalue weighted by Gasteiger charge is 2.14. The Hall–Kier alpha value is -2.40. The molecular formula is C16H17N3O2. The summed E-state index contributed by atoms with van der Waals surface area (Å²) in [6.45, 7) is 1.96. The Bertz CT molecular complexity index is 767. The van der Waals surface area contributed by atoms with Gasteiger partial charge in [-0.05, 0) is 29.8 Å². The summed E-state index contributed by atoms with van der Waals surface area (Å²) < 4.78 is 10.5. The van der Waals surface area contributed by atoms with E-state index in [1.54, 1.807) is 7.11 Å². The maximum Gasteiger partial charge on any atom is 0.260 e. The number of aromatic nitrogens is 2. The largest absolute Gasteiger partial charge is 0.398 e. The summed E-state index contributed by atoms with van der Waals surface area (Å²) in [5.74, 6) is 1.06. The van der Waals surface area contributed by atoms with Crippen molar-refractivity contribution in [1.82, 2.24) is 10.1 Å². The molecule has 5 nitrogen and oxygen atoms in total. The molecule has 2 N–H and O–H groups in total. The molecule has 0 aliphatic carbocycles. The Kier molecular flexibility index (Phi) is 3.58. The lowest BCUT2D eigenvalue weighted by Crippen LogP contribution is -2.09. The third kappa shape index (κ3) is 2.73. The van der Waals surface area contributed by atoms with Crippen molar-refractivity contribution in [2.24, 2.45) is 0 Å². The van der Waals surface area contributed by atoms with Crippen LogP contribution in [0.4, 0.5) is 5.69 Å². The minimum atomic E-state index is 0.0457. The fourth-order valence-electron chi connectivity index (χ4n) is 2.23. The van der Waals surface area contributed by atoms with Crippen molar-refractivity contribution in [3.8, 4) is 11.5 Å². The molecule has 3 rings (SSSR count). The maximum absolute atomic E-state index is 6.10. The first-order chi connectivity index (χ1) is 10.2. The number of benzene rings is 2. The fraction of sp³-hybridized carbons (Fsp3) is 0.250. The SMILES string of the molecule is COC(C)Cc1noc(-c2cc3ccccc3cc2N)n1. The zero-order valence-electron chi connectivity index (χ0n) is 12.0. The lowest BCUT2D eigenvalue weighted by Gasteiger charge is -2.05. The zero-order chi connectivity index (χ0) is 14.8. The highest BCUT2D eigenvalue weighted by molar-refractivity contribution is 5.92. The summed E-state index contributed by atoms with van der Waals surface area (Å²) in [7, 11) is 1.66. The van der Waals surface area contributed by atoms with Gasteiger partial charge in [-0.2, -0.15) is 4.98 Å². The van der Waals surface area contributed by atoms with E-state index in [9.17, 15) is 0 Å². The number of hydrogen-bond acceptors (Lipinski definition) is 5. The molecule has 1 unspecified atom stereocenters. The van der Waals surface area contributed by atoms with Gasteiger partial charge in [0.05, 0.1) is 11.7 Å². The Balaban J connectivity index is 1.98. The minimum Gasteiger partial charge on any atom is -0.398 e. The average Bonchev–Trinajstić information content (AvgIpc) is 2.94. The van der Waals surface area contributed by atoms with Crippen molar-refractivity contribution in [1.29, 1.82) is 0 Å². The van der Waals surface area contributed by atoms with Crippen molar-refractivity contribution in [2.75, 3.05) is 12.8 Å². The first kappa shape index (κ1) is 13.6. The monoisotopic (exact) mass is 283 g/mol. The van der Waals surface area contributed by atoms with E-state index in [-0.39, 0.29) is 6.10 Å². The number of methoxy groups -OCH3 is 1. The van der Waals surface area contributed by atoms with Crippen LogP contribution in [0, 0.1) is 0 Å². The molecule has 0 saturated carbocycles. The second kappa shape index (κ2) is 5.54. The van der Waals surface area contributed by atoms with E-state index in [2.05, 4.69) is 10.1 Å². The summed E-state index contributed by atoms with van der Waals surface area (Å²) in [4.78, 5) is 4.40. The van der Waals surface area contributed by atoms with Crippen LogP contribution in [0.1, 0.15) is 12.7 Å². The number of anilines is 1. The van der Waals surface area contributed by atoms with E-state index in [4.69, 9.17) is 15.0 Å². The topological polar surface area (TPSA) is 74.2 Å². The molecule has 108 valence electrons. The predicted molar refractivity (Wildman–Crippen MR) is 81.8 cm³/mol. The van der Waals surface area contributed by atoms with Gasteiger partial charge >= 0.3 is 0 Å². The first-order valence-electron chi connectivity index (χ1n) is 6.81. The number of nitrogens with two attached hydrogens (primary N) is 1. The van der Waals surface area contributed by atoms with Crippen molar-refractivity contribution in [3.63, 3.8) is 0 Å². The quantitative estimate of drug-likeness (QED) is 0.745. The van der Waals surface area contributed by atoms with Gasteiger partial charge in [-0.3, -0.25) is 0 Å². The van der Waals surface area contributed by atoms with E-state index in [1.807, 2.05) is 43.3 Å². The van der Waals surface area contributed by atoms with Crippen molar-refractivity contribution < 1.29 is 9.26 Å². The number of ether oxygens (including phenoxy) is 1. The van der Waals surface area contributed by atoms with Gasteiger partial charge in [0.2, 0.25) is 0 Å². The van der Waals surface area contributed by atoms with Gasteiger partial charge in [-0.25, -0.2) is 0 Å². The van der Waals surface area contributed by atoms with Crippen LogP contribution in [0.3, 0.4) is 0 Å². The number of rotatable bonds is 4. The number of hydrogen-bond donors (Lipinski definition) is 1. The molecule has 5 heteroatoms. The molecule has 0 saturated heterocycles. The summed E-state index contributed by atoms with van der Waals surface area (Å²) in [5.41, 5.74) is 7.49. The van der Waals surface area contributed by atoms with E-state index in [0.717, 1.165) is 16.3 Å². The van der Waals surface area contributed by atoms with Crippen LogP contribution in [-0.4, -0.2) is 23.4 Å². The van der Waals surface area contributed by atoms with Crippen LogP contribution in [0.15, 0.2) is 40.9 Å².